The molecule has 5 nitrogen and oxygen atoms in total. The van der Waals surface area contributed by atoms with Crippen LogP contribution in [0, 0.1) is 0 Å². The minimum Gasteiger partial charge on any atom is -0.474 e. The third-order valence-corrected chi connectivity index (χ3v) is 4.10. The van der Waals surface area contributed by atoms with Crippen molar-refractivity contribution in [1.29, 1.82) is 0 Å². The number of rotatable bonds is 4. The quantitative estimate of drug-likeness (QED) is 0.855. The fraction of sp³-hybridized carbons (Fsp3) is 0.625. The zero-order chi connectivity index (χ0) is 15.2. The van der Waals surface area contributed by atoms with Crippen molar-refractivity contribution >= 4 is 6.09 Å². The summed E-state index contributed by atoms with van der Waals surface area (Å²) in [6.07, 6.45) is 4.48. The molecule has 1 aliphatic rings. The number of piperidine rings is 1. The van der Waals surface area contributed by atoms with Gasteiger partial charge in [-0.1, -0.05) is 19.9 Å². The molecule has 0 spiro atoms. The van der Waals surface area contributed by atoms with Crippen molar-refractivity contribution in [2.75, 3.05) is 20.2 Å². The monoisotopic (exact) mass is 292 g/mol. The molecule has 1 amide bonds. The third kappa shape index (κ3) is 4.09. The summed E-state index contributed by atoms with van der Waals surface area (Å²) in [6.45, 7) is 5.70. The second-order valence-corrected chi connectivity index (χ2v) is 5.51. The van der Waals surface area contributed by atoms with E-state index in [1.807, 2.05) is 12.3 Å². The van der Waals surface area contributed by atoms with Gasteiger partial charge in [-0.25, -0.2) is 9.78 Å². The SMILES string of the molecule is CCC(C)c1ccc(OC2CCN(C(=O)OC)CC2)nc1. The lowest BCUT2D eigenvalue weighted by Crippen LogP contribution is -2.41. The van der Waals surface area contributed by atoms with Crippen LogP contribution in [0.2, 0.25) is 0 Å². The summed E-state index contributed by atoms with van der Waals surface area (Å²) >= 11 is 0. The van der Waals surface area contributed by atoms with E-state index in [2.05, 4.69) is 24.9 Å². The average molecular weight is 292 g/mol. The molecule has 116 valence electrons. The number of nitrogens with zero attached hydrogens (tertiary/aromatic N) is 2. The van der Waals surface area contributed by atoms with Crippen LogP contribution in [0.4, 0.5) is 4.79 Å². The molecule has 1 unspecified atom stereocenters. The smallest absolute Gasteiger partial charge is 0.409 e. The Kier molecular flexibility index (Phi) is 5.42. The molecule has 0 radical (unpaired) electrons. The number of ether oxygens (including phenoxy) is 2. The first kappa shape index (κ1) is 15.6. The Bertz CT molecular complexity index is 453. The molecular weight excluding hydrogens is 268 g/mol. The van der Waals surface area contributed by atoms with Crippen LogP contribution in [0.3, 0.4) is 0 Å². The molecule has 0 N–H and O–H groups in total. The second kappa shape index (κ2) is 7.29. The lowest BCUT2D eigenvalue weighted by molar-refractivity contribution is 0.0772. The molecule has 1 aromatic rings. The number of carbonyl (C=O) groups excluding carboxylic acids is 1. The molecule has 2 rings (SSSR count). The maximum absolute atomic E-state index is 11.4. The van der Waals surface area contributed by atoms with Gasteiger partial charge in [0.15, 0.2) is 0 Å². The van der Waals surface area contributed by atoms with Crippen LogP contribution < -0.4 is 4.74 Å². The fourth-order valence-electron chi connectivity index (χ4n) is 2.44. The van der Waals surface area contributed by atoms with E-state index < -0.39 is 0 Å². The standard InChI is InChI=1S/C16H24N2O3/c1-4-12(2)13-5-6-15(17-11-13)21-14-7-9-18(10-8-14)16(19)20-3/h5-6,11-12,14H,4,7-10H2,1-3H3. The van der Waals surface area contributed by atoms with Gasteiger partial charge >= 0.3 is 6.09 Å². The van der Waals surface area contributed by atoms with Crippen molar-refractivity contribution < 1.29 is 14.3 Å². The van der Waals surface area contributed by atoms with Gasteiger partial charge in [0.05, 0.1) is 7.11 Å². The van der Waals surface area contributed by atoms with Crippen LogP contribution >= 0.6 is 0 Å². The first-order valence-electron chi connectivity index (χ1n) is 7.59. The molecule has 21 heavy (non-hydrogen) atoms. The van der Waals surface area contributed by atoms with E-state index in [0.29, 0.717) is 24.9 Å². The van der Waals surface area contributed by atoms with Gasteiger partial charge in [0.2, 0.25) is 5.88 Å². The number of hydrogen-bond acceptors (Lipinski definition) is 4. The maximum atomic E-state index is 11.4. The summed E-state index contributed by atoms with van der Waals surface area (Å²) in [4.78, 5) is 17.5. The maximum Gasteiger partial charge on any atom is 0.409 e. The highest BCUT2D eigenvalue weighted by molar-refractivity contribution is 5.67. The number of carbonyl (C=O) groups is 1. The third-order valence-electron chi connectivity index (χ3n) is 4.10. The van der Waals surface area contributed by atoms with Crippen molar-refractivity contribution in [3.63, 3.8) is 0 Å². The number of amides is 1. The minimum atomic E-state index is -0.260. The van der Waals surface area contributed by atoms with E-state index in [0.717, 1.165) is 19.3 Å². The summed E-state index contributed by atoms with van der Waals surface area (Å²) < 4.78 is 10.6. The summed E-state index contributed by atoms with van der Waals surface area (Å²) in [6, 6.07) is 4.02. The number of pyridine rings is 1. The summed E-state index contributed by atoms with van der Waals surface area (Å²) in [5.74, 6) is 1.19. The molecular formula is C16H24N2O3. The van der Waals surface area contributed by atoms with Gasteiger partial charge in [-0.2, -0.15) is 0 Å². The normalized spacial score (nSPS) is 17.4. The van der Waals surface area contributed by atoms with Gasteiger partial charge in [-0.15, -0.1) is 0 Å². The molecule has 0 aliphatic carbocycles. The summed E-state index contributed by atoms with van der Waals surface area (Å²) in [5.41, 5.74) is 1.24. The van der Waals surface area contributed by atoms with Crippen LogP contribution in [-0.4, -0.2) is 42.3 Å². The molecule has 1 fully saturated rings. The Morgan fingerprint density at radius 3 is 2.67 bits per heavy atom. The van der Waals surface area contributed by atoms with Crippen molar-refractivity contribution in [3.8, 4) is 5.88 Å². The number of likely N-dealkylation sites (tertiary alicyclic amines) is 1. The molecule has 1 aromatic heterocycles. The number of hydrogen-bond donors (Lipinski definition) is 0. The Labute approximate surface area is 126 Å². The highest BCUT2D eigenvalue weighted by atomic mass is 16.5. The van der Waals surface area contributed by atoms with E-state index in [9.17, 15) is 4.79 Å². The minimum absolute atomic E-state index is 0.118. The van der Waals surface area contributed by atoms with E-state index >= 15 is 0 Å². The Hall–Kier alpha value is -1.78. The van der Waals surface area contributed by atoms with Crippen LogP contribution in [0.15, 0.2) is 18.3 Å². The van der Waals surface area contributed by atoms with Crippen molar-refractivity contribution in [3.05, 3.63) is 23.9 Å². The van der Waals surface area contributed by atoms with Crippen LogP contribution in [0.25, 0.3) is 0 Å². The van der Waals surface area contributed by atoms with E-state index in [4.69, 9.17) is 9.47 Å². The fourth-order valence-corrected chi connectivity index (χ4v) is 2.44. The zero-order valence-corrected chi connectivity index (χ0v) is 13.0. The van der Waals surface area contributed by atoms with Crippen LogP contribution in [0.5, 0.6) is 5.88 Å². The van der Waals surface area contributed by atoms with Crippen molar-refractivity contribution in [1.82, 2.24) is 9.88 Å². The van der Waals surface area contributed by atoms with Crippen LogP contribution in [-0.2, 0) is 4.74 Å². The summed E-state index contributed by atoms with van der Waals surface area (Å²) in [5, 5.41) is 0. The molecule has 1 saturated heterocycles. The van der Waals surface area contributed by atoms with E-state index in [1.54, 1.807) is 4.90 Å². The zero-order valence-electron chi connectivity index (χ0n) is 13.0. The molecule has 0 saturated carbocycles. The van der Waals surface area contributed by atoms with Gasteiger partial charge in [-0.05, 0) is 17.9 Å². The van der Waals surface area contributed by atoms with Crippen molar-refractivity contribution in [2.24, 2.45) is 0 Å². The molecule has 5 heteroatoms. The molecule has 1 atom stereocenters. The Morgan fingerprint density at radius 1 is 1.43 bits per heavy atom. The molecule has 1 aliphatic heterocycles. The largest absolute Gasteiger partial charge is 0.474 e. The first-order chi connectivity index (χ1) is 10.1. The topological polar surface area (TPSA) is 51.7 Å². The van der Waals surface area contributed by atoms with E-state index in [-0.39, 0.29) is 12.2 Å². The van der Waals surface area contributed by atoms with Gasteiger partial charge in [0.1, 0.15) is 6.10 Å². The number of aromatic nitrogens is 1. The van der Waals surface area contributed by atoms with Crippen molar-refractivity contribution in [2.45, 2.75) is 45.1 Å². The predicted molar refractivity (Wildman–Crippen MR) is 80.6 cm³/mol. The predicted octanol–water partition coefficient (Wildman–Crippen LogP) is 3.20. The molecule has 2 heterocycles. The van der Waals surface area contributed by atoms with Crippen LogP contribution in [0.1, 0.15) is 44.6 Å². The van der Waals surface area contributed by atoms with Gasteiger partial charge in [0, 0.05) is 38.2 Å². The highest BCUT2D eigenvalue weighted by Crippen LogP contribution is 2.21. The lowest BCUT2D eigenvalue weighted by atomic mass is 10.0. The number of methoxy groups -OCH3 is 1. The Balaban J connectivity index is 1.85. The van der Waals surface area contributed by atoms with E-state index in [1.165, 1.54) is 12.7 Å². The first-order valence-corrected chi connectivity index (χ1v) is 7.59. The Morgan fingerprint density at radius 2 is 2.14 bits per heavy atom. The van der Waals surface area contributed by atoms with Gasteiger partial charge in [0.25, 0.3) is 0 Å². The second-order valence-electron chi connectivity index (χ2n) is 5.51. The average Bonchev–Trinajstić information content (AvgIpc) is 2.55. The lowest BCUT2D eigenvalue weighted by Gasteiger charge is -2.30. The molecule has 0 bridgehead atoms. The van der Waals surface area contributed by atoms with Gasteiger partial charge < -0.3 is 14.4 Å². The highest BCUT2D eigenvalue weighted by Gasteiger charge is 2.24. The molecule has 0 aromatic carbocycles. The van der Waals surface area contributed by atoms with Gasteiger partial charge in [-0.3, -0.25) is 0 Å². The summed E-state index contributed by atoms with van der Waals surface area (Å²) in [7, 11) is 1.41.